The molecule has 0 unspecified atom stereocenters. The molecule has 0 bridgehead atoms. The third kappa shape index (κ3) is 1.78. The molecular weight excluding hydrogens is 182 g/mol. The lowest BCUT2D eigenvalue weighted by atomic mass is 10.4. The van der Waals surface area contributed by atoms with Crippen LogP contribution >= 0.6 is 11.3 Å². The van der Waals surface area contributed by atoms with Crippen molar-refractivity contribution in [2.75, 3.05) is 0 Å². The zero-order valence-electron chi connectivity index (χ0n) is 7.69. The van der Waals surface area contributed by atoms with Crippen LogP contribution in [0.3, 0.4) is 0 Å². The van der Waals surface area contributed by atoms with Crippen LogP contribution in [-0.4, -0.2) is 14.8 Å². The van der Waals surface area contributed by atoms with Gasteiger partial charge >= 0.3 is 0 Å². The molecule has 4 heteroatoms. The monoisotopic (exact) mass is 193 g/mol. The van der Waals surface area contributed by atoms with Gasteiger partial charge < -0.3 is 0 Å². The Hall–Kier alpha value is -1.16. The third-order valence-electron chi connectivity index (χ3n) is 1.89. The van der Waals surface area contributed by atoms with E-state index in [1.165, 1.54) is 10.6 Å². The van der Waals surface area contributed by atoms with Gasteiger partial charge in [-0.1, -0.05) is 0 Å². The summed E-state index contributed by atoms with van der Waals surface area (Å²) in [6.45, 7) is 4.92. The summed E-state index contributed by atoms with van der Waals surface area (Å²) in [7, 11) is 0. The van der Waals surface area contributed by atoms with Gasteiger partial charge in [0, 0.05) is 16.8 Å². The molecule has 2 heterocycles. The topological polar surface area (TPSA) is 30.7 Å². The average Bonchev–Trinajstić information content (AvgIpc) is 2.63. The number of rotatable bonds is 2. The van der Waals surface area contributed by atoms with Crippen LogP contribution in [-0.2, 0) is 6.54 Å². The van der Waals surface area contributed by atoms with Crippen LogP contribution in [0.1, 0.15) is 16.3 Å². The Morgan fingerprint density at radius 1 is 1.46 bits per heavy atom. The molecule has 0 atom stereocenters. The van der Waals surface area contributed by atoms with Crippen LogP contribution in [0.15, 0.2) is 17.8 Å². The molecule has 0 radical (unpaired) electrons. The molecule has 0 saturated carbocycles. The predicted octanol–water partition coefficient (Wildman–Crippen LogP) is 2.00. The Morgan fingerprint density at radius 3 is 2.85 bits per heavy atom. The van der Waals surface area contributed by atoms with Crippen LogP contribution < -0.4 is 0 Å². The van der Waals surface area contributed by atoms with Crippen LogP contribution in [0.2, 0.25) is 0 Å². The highest BCUT2D eigenvalue weighted by Crippen LogP contribution is 2.10. The van der Waals surface area contributed by atoms with E-state index >= 15 is 0 Å². The Kier molecular flexibility index (Phi) is 2.14. The molecule has 0 aliphatic rings. The molecule has 2 rings (SSSR count). The second-order valence-electron chi connectivity index (χ2n) is 3.05. The van der Waals surface area contributed by atoms with Gasteiger partial charge in [0.2, 0.25) is 0 Å². The smallest absolute Gasteiger partial charge is 0.0794 e. The van der Waals surface area contributed by atoms with Crippen molar-refractivity contribution in [3.63, 3.8) is 0 Å². The van der Waals surface area contributed by atoms with Crippen molar-refractivity contribution in [3.8, 4) is 0 Å². The minimum Gasteiger partial charge on any atom is -0.264 e. The summed E-state index contributed by atoms with van der Waals surface area (Å²) in [5, 5.41) is 4.38. The van der Waals surface area contributed by atoms with E-state index < -0.39 is 0 Å². The van der Waals surface area contributed by atoms with E-state index in [0.717, 1.165) is 12.2 Å². The van der Waals surface area contributed by atoms with Crippen molar-refractivity contribution in [1.82, 2.24) is 14.8 Å². The SMILES string of the molecule is Cc1cc(C)n(Cc2cncs2)n1. The zero-order valence-corrected chi connectivity index (χ0v) is 8.51. The van der Waals surface area contributed by atoms with Crippen LogP contribution in [0.25, 0.3) is 0 Å². The van der Waals surface area contributed by atoms with Gasteiger partial charge in [0.25, 0.3) is 0 Å². The molecule has 13 heavy (non-hydrogen) atoms. The van der Waals surface area contributed by atoms with Gasteiger partial charge in [0.05, 0.1) is 17.7 Å². The highest BCUT2D eigenvalue weighted by Gasteiger charge is 2.02. The normalized spacial score (nSPS) is 10.6. The maximum Gasteiger partial charge on any atom is 0.0794 e. The van der Waals surface area contributed by atoms with Gasteiger partial charge in [-0.3, -0.25) is 9.67 Å². The first-order valence-electron chi connectivity index (χ1n) is 4.14. The van der Waals surface area contributed by atoms with Crippen LogP contribution in [0.4, 0.5) is 0 Å². The Morgan fingerprint density at radius 2 is 2.31 bits per heavy atom. The summed E-state index contributed by atoms with van der Waals surface area (Å²) < 4.78 is 2.00. The summed E-state index contributed by atoms with van der Waals surface area (Å²) in [6, 6.07) is 2.08. The Labute approximate surface area is 81.1 Å². The first-order chi connectivity index (χ1) is 6.25. The molecule has 0 saturated heterocycles. The second kappa shape index (κ2) is 3.30. The molecule has 0 aromatic carbocycles. The van der Waals surface area contributed by atoms with Crippen LogP contribution in [0.5, 0.6) is 0 Å². The minimum absolute atomic E-state index is 0.838. The van der Waals surface area contributed by atoms with Crippen LogP contribution in [0, 0.1) is 13.8 Å². The van der Waals surface area contributed by atoms with Gasteiger partial charge in [-0.15, -0.1) is 11.3 Å². The van der Waals surface area contributed by atoms with Crippen molar-refractivity contribution in [3.05, 3.63) is 34.0 Å². The summed E-state index contributed by atoms with van der Waals surface area (Å²) in [4.78, 5) is 5.27. The molecule has 2 aromatic rings. The van der Waals surface area contributed by atoms with Crippen molar-refractivity contribution < 1.29 is 0 Å². The molecule has 0 N–H and O–H groups in total. The third-order valence-corrected chi connectivity index (χ3v) is 2.66. The summed E-state index contributed by atoms with van der Waals surface area (Å²) in [5.41, 5.74) is 4.12. The Bertz CT molecular complexity index is 389. The van der Waals surface area contributed by atoms with E-state index in [0.29, 0.717) is 0 Å². The second-order valence-corrected chi connectivity index (χ2v) is 4.02. The number of aromatic nitrogens is 3. The highest BCUT2D eigenvalue weighted by molar-refractivity contribution is 7.09. The molecule has 0 aliphatic carbocycles. The summed E-state index contributed by atoms with van der Waals surface area (Å²) >= 11 is 1.66. The quantitative estimate of drug-likeness (QED) is 0.730. The predicted molar refractivity (Wildman–Crippen MR) is 52.9 cm³/mol. The standard InChI is InChI=1S/C9H11N3S/c1-7-3-8(2)12(11-7)5-9-4-10-6-13-9/h3-4,6H,5H2,1-2H3. The first kappa shape index (κ1) is 8.44. The molecule has 2 aromatic heterocycles. The number of hydrogen-bond acceptors (Lipinski definition) is 3. The van der Waals surface area contributed by atoms with Gasteiger partial charge in [0.1, 0.15) is 0 Å². The molecule has 0 aliphatic heterocycles. The molecule has 0 spiro atoms. The maximum atomic E-state index is 4.38. The first-order valence-corrected chi connectivity index (χ1v) is 5.02. The fourth-order valence-electron chi connectivity index (χ4n) is 1.30. The van der Waals surface area contributed by atoms with E-state index in [1.54, 1.807) is 11.3 Å². The maximum absolute atomic E-state index is 4.38. The molecule has 0 amide bonds. The largest absolute Gasteiger partial charge is 0.264 e. The van der Waals surface area contributed by atoms with Gasteiger partial charge in [-0.25, -0.2) is 0 Å². The van der Waals surface area contributed by atoms with Crippen molar-refractivity contribution >= 4 is 11.3 Å². The van der Waals surface area contributed by atoms with Crippen molar-refractivity contribution in [2.45, 2.75) is 20.4 Å². The van der Waals surface area contributed by atoms with E-state index in [-0.39, 0.29) is 0 Å². The Balaban J connectivity index is 2.23. The lowest BCUT2D eigenvalue weighted by Gasteiger charge is -2.00. The van der Waals surface area contributed by atoms with E-state index in [9.17, 15) is 0 Å². The molecular formula is C9H11N3S. The van der Waals surface area contributed by atoms with Crippen molar-refractivity contribution in [2.24, 2.45) is 0 Å². The average molecular weight is 193 g/mol. The molecule has 3 nitrogen and oxygen atoms in total. The fourth-order valence-corrected chi connectivity index (χ4v) is 1.88. The summed E-state index contributed by atoms with van der Waals surface area (Å²) in [5.74, 6) is 0. The van der Waals surface area contributed by atoms with E-state index in [2.05, 4.69) is 23.1 Å². The van der Waals surface area contributed by atoms with E-state index in [4.69, 9.17) is 0 Å². The molecule has 68 valence electrons. The summed E-state index contributed by atoms with van der Waals surface area (Å²) in [6.07, 6.45) is 1.89. The van der Waals surface area contributed by atoms with Crippen molar-refractivity contribution in [1.29, 1.82) is 0 Å². The lowest BCUT2D eigenvalue weighted by molar-refractivity contribution is 0.665. The minimum atomic E-state index is 0.838. The van der Waals surface area contributed by atoms with E-state index in [1.807, 2.05) is 23.3 Å². The molecule has 0 fully saturated rings. The van der Waals surface area contributed by atoms with Gasteiger partial charge in [-0.05, 0) is 19.9 Å². The number of aryl methyl sites for hydroxylation is 2. The lowest BCUT2D eigenvalue weighted by Crippen LogP contribution is -2.02. The highest BCUT2D eigenvalue weighted by atomic mass is 32.1. The zero-order chi connectivity index (χ0) is 9.26. The fraction of sp³-hybridized carbons (Fsp3) is 0.333. The van der Waals surface area contributed by atoms with Gasteiger partial charge in [-0.2, -0.15) is 5.10 Å². The van der Waals surface area contributed by atoms with Gasteiger partial charge in [0.15, 0.2) is 0 Å². The number of hydrogen-bond donors (Lipinski definition) is 0. The number of thiazole rings is 1. The number of nitrogens with zero attached hydrogens (tertiary/aromatic N) is 3.